The zero-order valence-corrected chi connectivity index (χ0v) is 11.0. The Morgan fingerprint density at radius 1 is 1.50 bits per heavy atom. The first-order chi connectivity index (χ1) is 8.25. The average Bonchev–Trinajstić information content (AvgIpc) is 2.24. The SMILES string of the molecule is Cc1cc(=O)c(O)c(CN(C)C)n1C(C)C(=O)O. The Labute approximate surface area is 105 Å². The van der Waals surface area contributed by atoms with Crippen LogP contribution < -0.4 is 5.43 Å². The Balaban J connectivity index is 3.51. The van der Waals surface area contributed by atoms with Gasteiger partial charge in [-0.15, -0.1) is 0 Å². The monoisotopic (exact) mass is 254 g/mol. The van der Waals surface area contributed by atoms with Gasteiger partial charge in [-0.3, -0.25) is 4.79 Å². The van der Waals surface area contributed by atoms with Gasteiger partial charge in [0.1, 0.15) is 6.04 Å². The first-order valence-corrected chi connectivity index (χ1v) is 5.57. The summed E-state index contributed by atoms with van der Waals surface area (Å²) in [5.74, 6) is -1.40. The Morgan fingerprint density at radius 3 is 2.50 bits per heavy atom. The summed E-state index contributed by atoms with van der Waals surface area (Å²) < 4.78 is 1.47. The molecular weight excluding hydrogens is 236 g/mol. The minimum absolute atomic E-state index is 0.292. The van der Waals surface area contributed by atoms with Crippen LogP contribution in [0, 0.1) is 6.92 Å². The van der Waals surface area contributed by atoms with E-state index in [9.17, 15) is 14.7 Å². The van der Waals surface area contributed by atoms with E-state index in [1.807, 2.05) is 0 Å². The molecule has 1 aromatic rings. The molecule has 0 aliphatic heterocycles. The summed E-state index contributed by atoms with van der Waals surface area (Å²) >= 11 is 0. The van der Waals surface area contributed by atoms with Gasteiger partial charge in [0, 0.05) is 18.3 Å². The summed E-state index contributed by atoms with van der Waals surface area (Å²) in [6.07, 6.45) is 0. The highest BCUT2D eigenvalue weighted by molar-refractivity contribution is 5.71. The molecule has 2 N–H and O–H groups in total. The van der Waals surface area contributed by atoms with Crippen molar-refractivity contribution in [2.75, 3.05) is 14.1 Å². The summed E-state index contributed by atoms with van der Waals surface area (Å²) in [5, 5.41) is 18.9. The highest BCUT2D eigenvalue weighted by Gasteiger charge is 2.21. The predicted octanol–water partition coefficient (Wildman–Crippen LogP) is 0.570. The van der Waals surface area contributed by atoms with Crippen molar-refractivity contribution in [3.63, 3.8) is 0 Å². The van der Waals surface area contributed by atoms with Crippen LogP contribution in [-0.4, -0.2) is 39.7 Å². The number of rotatable bonds is 4. The quantitative estimate of drug-likeness (QED) is 0.820. The topological polar surface area (TPSA) is 82.8 Å². The lowest BCUT2D eigenvalue weighted by Crippen LogP contribution is -2.27. The first kappa shape index (κ1) is 14.2. The summed E-state index contributed by atoms with van der Waals surface area (Å²) in [6.45, 7) is 3.46. The average molecular weight is 254 g/mol. The van der Waals surface area contributed by atoms with Gasteiger partial charge in [0.15, 0.2) is 5.75 Å². The molecule has 6 heteroatoms. The summed E-state index contributed by atoms with van der Waals surface area (Å²) in [5.41, 5.74) is 0.350. The van der Waals surface area contributed by atoms with Crippen LogP contribution >= 0.6 is 0 Å². The maximum atomic E-state index is 11.6. The molecule has 0 aliphatic carbocycles. The van der Waals surface area contributed by atoms with Crippen molar-refractivity contribution in [1.29, 1.82) is 0 Å². The van der Waals surface area contributed by atoms with Gasteiger partial charge < -0.3 is 19.7 Å². The van der Waals surface area contributed by atoms with Crippen LogP contribution in [-0.2, 0) is 11.3 Å². The van der Waals surface area contributed by atoms with Crippen LogP contribution in [0.1, 0.15) is 24.4 Å². The van der Waals surface area contributed by atoms with Crippen LogP contribution in [0.5, 0.6) is 5.75 Å². The number of carboxylic acids is 1. The molecule has 0 spiro atoms. The van der Waals surface area contributed by atoms with E-state index in [4.69, 9.17) is 5.11 Å². The van der Waals surface area contributed by atoms with Crippen molar-refractivity contribution >= 4 is 5.97 Å². The van der Waals surface area contributed by atoms with Gasteiger partial charge in [-0.1, -0.05) is 0 Å². The minimum atomic E-state index is -1.01. The van der Waals surface area contributed by atoms with E-state index >= 15 is 0 Å². The maximum absolute atomic E-state index is 11.6. The molecule has 18 heavy (non-hydrogen) atoms. The van der Waals surface area contributed by atoms with Crippen LogP contribution in [0.4, 0.5) is 0 Å². The fraction of sp³-hybridized carbons (Fsp3) is 0.500. The van der Waals surface area contributed by atoms with Gasteiger partial charge in [0.25, 0.3) is 0 Å². The number of hydrogen-bond acceptors (Lipinski definition) is 4. The van der Waals surface area contributed by atoms with Crippen LogP contribution in [0.2, 0.25) is 0 Å². The summed E-state index contributed by atoms with van der Waals surface area (Å²) in [6, 6.07) is 0.403. The predicted molar refractivity (Wildman–Crippen MR) is 66.8 cm³/mol. The molecule has 0 saturated carbocycles. The van der Waals surface area contributed by atoms with Gasteiger partial charge in [-0.2, -0.15) is 0 Å². The fourth-order valence-corrected chi connectivity index (χ4v) is 1.90. The fourth-order valence-electron chi connectivity index (χ4n) is 1.90. The van der Waals surface area contributed by atoms with Crippen LogP contribution in [0.25, 0.3) is 0 Å². The third-order valence-electron chi connectivity index (χ3n) is 2.73. The van der Waals surface area contributed by atoms with Crippen molar-refractivity contribution in [2.45, 2.75) is 26.4 Å². The maximum Gasteiger partial charge on any atom is 0.326 e. The van der Waals surface area contributed by atoms with Gasteiger partial charge in [-0.05, 0) is 27.9 Å². The summed E-state index contributed by atoms with van der Waals surface area (Å²) in [4.78, 5) is 24.4. The van der Waals surface area contributed by atoms with Gasteiger partial charge in [0.05, 0.1) is 5.69 Å². The van der Waals surface area contributed by atoms with Crippen molar-refractivity contribution in [3.8, 4) is 5.75 Å². The van der Waals surface area contributed by atoms with E-state index in [2.05, 4.69) is 0 Å². The van der Waals surface area contributed by atoms with Crippen molar-refractivity contribution in [3.05, 3.63) is 27.7 Å². The van der Waals surface area contributed by atoms with Crippen LogP contribution in [0.3, 0.4) is 0 Å². The number of carboxylic acid groups (broad SMARTS) is 1. The van der Waals surface area contributed by atoms with Crippen molar-refractivity contribution in [2.24, 2.45) is 0 Å². The Kier molecular flexibility index (Phi) is 4.13. The number of pyridine rings is 1. The Hall–Kier alpha value is -1.82. The van der Waals surface area contributed by atoms with Crippen molar-refractivity contribution < 1.29 is 15.0 Å². The zero-order valence-electron chi connectivity index (χ0n) is 11.0. The minimum Gasteiger partial charge on any atom is -0.503 e. The van der Waals surface area contributed by atoms with E-state index in [0.717, 1.165) is 0 Å². The lowest BCUT2D eigenvalue weighted by atomic mass is 10.2. The lowest BCUT2D eigenvalue weighted by Gasteiger charge is -2.23. The molecule has 100 valence electrons. The van der Waals surface area contributed by atoms with Gasteiger partial charge >= 0.3 is 5.97 Å². The number of aliphatic carboxylic acids is 1. The molecule has 0 radical (unpaired) electrons. The normalized spacial score (nSPS) is 12.7. The molecule has 0 bridgehead atoms. The number of hydrogen-bond donors (Lipinski definition) is 2. The lowest BCUT2D eigenvalue weighted by molar-refractivity contribution is -0.140. The molecule has 0 amide bonds. The zero-order chi connectivity index (χ0) is 14.0. The molecule has 1 rings (SSSR count). The third kappa shape index (κ3) is 2.70. The number of aromatic nitrogens is 1. The molecule has 1 unspecified atom stereocenters. The van der Waals surface area contributed by atoms with Gasteiger partial charge in [-0.25, -0.2) is 4.79 Å². The molecule has 1 aromatic heterocycles. The smallest absolute Gasteiger partial charge is 0.326 e. The molecule has 0 saturated heterocycles. The second-order valence-corrected chi connectivity index (χ2v) is 4.57. The first-order valence-electron chi connectivity index (χ1n) is 5.57. The Bertz CT molecular complexity index is 520. The highest BCUT2D eigenvalue weighted by Crippen LogP contribution is 2.21. The molecule has 6 nitrogen and oxygen atoms in total. The highest BCUT2D eigenvalue weighted by atomic mass is 16.4. The molecule has 0 aliphatic rings. The number of carbonyl (C=O) groups is 1. The second kappa shape index (κ2) is 5.22. The van der Waals surface area contributed by atoms with Crippen LogP contribution in [0.15, 0.2) is 10.9 Å². The second-order valence-electron chi connectivity index (χ2n) is 4.57. The molecule has 1 atom stereocenters. The third-order valence-corrected chi connectivity index (χ3v) is 2.73. The molecule has 0 aromatic carbocycles. The number of nitrogens with zero attached hydrogens (tertiary/aromatic N) is 2. The summed E-state index contributed by atoms with van der Waals surface area (Å²) in [7, 11) is 3.56. The van der Waals surface area contributed by atoms with E-state index in [-0.39, 0.29) is 5.75 Å². The standard InChI is InChI=1S/C12H18N2O4/c1-7-5-10(15)11(16)9(6-13(3)4)14(7)8(2)12(17)18/h5,8,16H,6H2,1-4H3,(H,17,18). The number of aromatic hydroxyl groups is 1. The van der Waals surface area contributed by atoms with E-state index in [1.165, 1.54) is 17.6 Å². The molecule has 0 fully saturated rings. The van der Waals surface area contributed by atoms with E-state index < -0.39 is 17.4 Å². The molecular formula is C12H18N2O4. The molecule has 1 heterocycles. The number of aryl methyl sites for hydroxylation is 1. The Morgan fingerprint density at radius 2 is 2.06 bits per heavy atom. The van der Waals surface area contributed by atoms with E-state index in [0.29, 0.717) is 17.9 Å². The van der Waals surface area contributed by atoms with Crippen molar-refractivity contribution in [1.82, 2.24) is 9.47 Å². The van der Waals surface area contributed by atoms with Gasteiger partial charge in [0.2, 0.25) is 5.43 Å². The largest absolute Gasteiger partial charge is 0.503 e. The van der Waals surface area contributed by atoms with E-state index in [1.54, 1.807) is 25.9 Å².